The molecule has 1 aliphatic rings. The van der Waals surface area contributed by atoms with Crippen molar-refractivity contribution >= 4 is 5.91 Å². The van der Waals surface area contributed by atoms with E-state index in [0.29, 0.717) is 12.1 Å². The molecule has 0 bridgehead atoms. The lowest BCUT2D eigenvalue weighted by molar-refractivity contribution is -0.134. The van der Waals surface area contributed by atoms with Crippen LogP contribution in [0.15, 0.2) is 0 Å². The maximum absolute atomic E-state index is 11.9. The lowest BCUT2D eigenvalue weighted by Crippen LogP contribution is -2.54. The molecule has 3 atom stereocenters. The fraction of sp³-hybridized carbons (Fsp3) is 0.917. The molecule has 0 aromatic carbocycles. The van der Waals surface area contributed by atoms with Gasteiger partial charge in [0.15, 0.2) is 0 Å². The summed E-state index contributed by atoms with van der Waals surface area (Å²) in [5, 5.41) is 0. The first-order valence-corrected chi connectivity index (χ1v) is 6.13. The Morgan fingerprint density at radius 1 is 1.19 bits per heavy atom. The summed E-state index contributed by atoms with van der Waals surface area (Å²) in [5.41, 5.74) is 5.66. The molecule has 0 radical (unpaired) electrons. The van der Waals surface area contributed by atoms with Gasteiger partial charge >= 0.3 is 0 Å². The van der Waals surface area contributed by atoms with Gasteiger partial charge in [0.05, 0.1) is 6.04 Å². The molecule has 1 fully saturated rings. The Morgan fingerprint density at radius 2 is 1.69 bits per heavy atom. The van der Waals surface area contributed by atoms with Gasteiger partial charge in [0.1, 0.15) is 0 Å². The molecule has 0 saturated heterocycles. The van der Waals surface area contributed by atoms with Crippen molar-refractivity contribution in [1.82, 2.24) is 9.80 Å². The third kappa shape index (κ3) is 2.95. The Kier molecular flexibility index (Phi) is 4.74. The molecule has 1 rings (SSSR count). The van der Waals surface area contributed by atoms with Crippen LogP contribution < -0.4 is 5.73 Å². The first-order valence-electron chi connectivity index (χ1n) is 6.13. The van der Waals surface area contributed by atoms with Crippen LogP contribution in [0.2, 0.25) is 0 Å². The number of nitrogens with zero attached hydrogens (tertiary/aromatic N) is 2. The molecule has 0 aliphatic heterocycles. The predicted molar refractivity (Wildman–Crippen MR) is 66.2 cm³/mol. The normalized spacial score (nSPS) is 27.9. The van der Waals surface area contributed by atoms with Crippen LogP contribution >= 0.6 is 0 Å². The Hall–Kier alpha value is -0.610. The number of carbonyl (C=O) groups is 1. The molecule has 1 aliphatic carbocycles. The molecule has 1 amide bonds. The van der Waals surface area contributed by atoms with Crippen LogP contribution in [0.4, 0.5) is 0 Å². The van der Waals surface area contributed by atoms with Crippen LogP contribution in [0.5, 0.6) is 0 Å². The molecule has 16 heavy (non-hydrogen) atoms. The van der Waals surface area contributed by atoms with Crippen LogP contribution in [-0.2, 0) is 4.79 Å². The Bertz CT molecular complexity index is 240. The second kappa shape index (κ2) is 5.64. The van der Waals surface area contributed by atoms with Crippen molar-refractivity contribution in [2.45, 2.75) is 50.7 Å². The zero-order valence-corrected chi connectivity index (χ0v) is 10.9. The molecule has 2 N–H and O–H groups in total. The smallest absolute Gasteiger partial charge is 0.239 e. The first-order chi connectivity index (χ1) is 7.45. The SMILES string of the molecule is C[C@H](N)C(=O)N(C)[C@@H]1CCCC[C@H]1N(C)C. The van der Waals surface area contributed by atoms with Gasteiger partial charge in [-0.05, 0) is 33.9 Å². The lowest BCUT2D eigenvalue weighted by atomic mass is 9.88. The molecule has 0 spiro atoms. The van der Waals surface area contributed by atoms with E-state index >= 15 is 0 Å². The molecular formula is C12H25N3O. The van der Waals surface area contributed by atoms with E-state index in [-0.39, 0.29) is 5.91 Å². The molecular weight excluding hydrogens is 202 g/mol. The lowest BCUT2D eigenvalue weighted by Gasteiger charge is -2.41. The number of amides is 1. The standard InChI is InChI=1S/C12H25N3O/c1-9(13)12(16)15(4)11-8-6-5-7-10(11)14(2)3/h9-11H,5-8,13H2,1-4H3/t9-,10+,11+/m0/s1. The fourth-order valence-corrected chi connectivity index (χ4v) is 2.63. The van der Waals surface area contributed by atoms with Gasteiger partial charge in [-0.3, -0.25) is 4.79 Å². The van der Waals surface area contributed by atoms with E-state index in [0.717, 1.165) is 6.42 Å². The van der Waals surface area contributed by atoms with Gasteiger partial charge in [-0.15, -0.1) is 0 Å². The van der Waals surface area contributed by atoms with E-state index < -0.39 is 6.04 Å². The van der Waals surface area contributed by atoms with Gasteiger partial charge in [0, 0.05) is 19.1 Å². The predicted octanol–water partition coefficient (Wildman–Crippen LogP) is 0.665. The van der Waals surface area contributed by atoms with E-state index in [9.17, 15) is 4.79 Å². The van der Waals surface area contributed by atoms with Crippen LogP contribution in [0, 0.1) is 0 Å². The third-order valence-electron chi connectivity index (χ3n) is 3.59. The van der Waals surface area contributed by atoms with Crippen molar-refractivity contribution in [3.63, 3.8) is 0 Å². The molecule has 0 unspecified atom stereocenters. The highest BCUT2D eigenvalue weighted by atomic mass is 16.2. The van der Waals surface area contributed by atoms with Gasteiger partial charge in [-0.25, -0.2) is 0 Å². The molecule has 4 heteroatoms. The number of rotatable bonds is 3. The molecule has 1 saturated carbocycles. The zero-order valence-electron chi connectivity index (χ0n) is 10.9. The van der Waals surface area contributed by atoms with Gasteiger partial charge < -0.3 is 15.5 Å². The largest absolute Gasteiger partial charge is 0.340 e. The van der Waals surface area contributed by atoms with Crippen LogP contribution in [-0.4, -0.2) is 55.0 Å². The molecule has 0 aromatic rings. The summed E-state index contributed by atoms with van der Waals surface area (Å²) in [5.74, 6) is 0.0544. The molecule has 94 valence electrons. The quantitative estimate of drug-likeness (QED) is 0.771. The second-order valence-electron chi connectivity index (χ2n) is 5.12. The van der Waals surface area contributed by atoms with Crippen LogP contribution in [0.25, 0.3) is 0 Å². The Labute approximate surface area is 98.8 Å². The van der Waals surface area contributed by atoms with Crippen molar-refractivity contribution in [1.29, 1.82) is 0 Å². The Balaban J connectivity index is 2.71. The van der Waals surface area contributed by atoms with Crippen LogP contribution in [0.1, 0.15) is 32.6 Å². The summed E-state index contributed by atoms with van der Waals surface area (Å²) >= 11 is 0. The maximum Gasteiger partial charge on any atom is 0.239 e. The highest BCUT2D eigenvalue weighted by Gasteiger charge is 2.32. The summed E-state index contributed by atoms with van der Waals surface area (Å²) in [6.07, 6.45) is 4.75. The second-order valence-corrected chi connectivity index (χ2v) is 5.12. The molecule has 0 heterocycles. The Morgan fingerprint density at radius 3 is 2.12 bits per heavy atom. The number of hydrogen-bond acceptors (Lipinski definition) is 3. The summed E-state index contributed by atoms with van der Waals surface area (Å²) in [7, 11) is 6.07. The van der Waals surface area contributed by atoms with Crippen molar-refractivity contribution in [3.8, 4) is 0 Å². The number of carbonyl (C=O) groups excluding carboxylic acids is 1. The monoisotopic (exact) mass is 227 g/mol. The van der Waals surface area contributed by atoms with E-state index in [1.165, 1.54) is 19.3 Å². The fourth-order valence-electron chi connectivity index (χ4n) is 2.63. The van der Waals surface area contributed by atoms with E-state index in [1.54, 1.807) is 6.92 Å². The number of hydrogen-bond donors (Lipinski definition) is 1. The van der Waals surface area contributed by atoms with Crippen molar-refractivity contribution in [2.75, 3.05) is 21.1 Å². The summed E-state index contributed by atoms with van der Waals surface area (Å²) in [4.78, 5) is 16.0. The van der Waals surface area contributed by atoms with Crippen molar-refractivity contribution in [2.24, 2.45) is 5.73 Å². The number of likely N-dealkylation sites (N-methyl/N-ethyl adjacent to an activating group) is 2. The van der Waals surface area contributed by atoms with E-state index in [2.05, 4.69) is 19.0 Å². The van der Waals surface area contributed by atoms with Gasteiger partial charge in [-0.1, -0.05) is 12.8 Å². The summed E-state index contributed by atoms with van der Waals surface area (Å²) in [6, 6.07) is 0.401. The van der Waals surface area contributed by atoms with Gasteiger partial charge in [0.25, 0.3) is 0 Å². The van der Waals surface area contributed by atoms with E-state index in [1.807, 2.05) is 11.9 Å². The van der Waals surface area contributed by atoms with Crippen molar-refractivity contribution in [3.05, 3.63) is 0 Å². The number of nitrogens with two attached hydrogens (primary N) is 1. The van der Waals surface area contributed by atoms with Crippen molar-refractivity contribution < 1.29 is 4.79 Å². The topological polar surface area (TPSA) is 49.6 Å². The molecule has 4 nitrogen and oxygen atoms in total. The highest BCUT2D eigenvalue weighted by Crippen LogP contribution is 2.25. The molecule has 0 aromatic heterocycles. The minimum absolute atomic E-state index is 0.0544. The summed E-state index contributed by atoms with van der Waals surface area (Å²) in [6.45, 7) is 1.76. The van der Waals surface area contributed by atoms with Crippen LogP contribution in [0.3, 0.4) is 0 Å². The third-order valence-corrected chi connectivity index (χ3v) is 3.59. The average Bonchev–Trinajstić information content (AvgIpc) is 2.26. The maximum atomic E-state index is 11.9. The highest BCUT2D eigenvalue weighted by molar-refractivity contribution is 5.81. The van der Waals surface area contributed by atoms with E-state index in [4.69, 9.17) is 5.73 Å². The first kappa shape index (κ1) is 13.5. The zero-order chi connectivity index (χ0) is 12.3. The van der Waals surface area contributed by atoms with Gasteiger partial charge in [-0.2, -0.15) is 0 Å². The summed E-state index contributed by atoms with van der Waals surface area (Å²) < 4.78 is 0. The minimum Gasteiger partial charge on any atom is -0.340 e. The average molecular weight is 227 g/mol. The van der Waals surface area contributed by atoms with Gasteiger partial charge in [0.2, 0.25) is 5.91 Å². The minimum atomic E-state index is -0.394.